The summed E-state index contributed by atoms with van der Waals surface area (Å²) in [7, 11) is 1.53. The molecule has 2 aromatic rings. The Labute approximate surface area is 115 Å². The molecule has 0 spiro atoms. The molecule has 0 saturated heterocycles. The molecule has 1 aromatic carbocycles. The third-order valence-electron chi connectivity index (χ3n) is 2.74. The fourth-order valence-corrected chi connectivity index (χ4v) is 1.85. The predicted molar refractivity (Wildman–Crippen MR) is 70.9 cm³/mol. The van der Waals surface area contributed by atoms with Gasteiger partial charge in [-0.3, -0.25) is 9.59 Å². The molecule has 0 fully saturated rings. The van der Waals surface area contributed by atoms with Gasteiger partial charge in [-0.1, -0.05) is 35.5 Å². The zero-order valence-electron chi connectivity index (χ0n) is 10.9. The Balaban J connectivity index is 2.45. The van der Waals surface area contributed by atoms with Gasteiger partial charge in [-0.05, 0) is 0 Å². The summed E-state index contributed by atoms with van der Waals surface area (Å²) in [5, 5.41) is 19.2. The highest BCUT2D eigenvalue weighted by atomic mass is 16.4. The van der Waals surface area contributed by atoms with Crippen LogP contribution in [0.25, 0.3) is 11.3 Å². The van der Waals surface area contributed by atoms with Crippen LogP contribution in [0.1, 0.15) is 5.69 Å². The van der Waals surface area contributed by atoms with E-state index in [2.05, 4.69) is 15.6 Å². The molecular formula is C13H14N4O3. The van der Waals surface area contributed by atoms with Crippen molar-refractivity contribution in [2.45, 2.75) is 13.0 Å². The van der Waals surface area contributed by atoms with Crippen LogP contribution in [0, 0.1) is 0 Å². The van der Waals surface area contributed by atoms with E-state index in [1.165, 1.54) is 11.7 Å². The van der Waals surface area contributed by atoms with Crippen molar-refractivity contribution < 1.29 is 14.7 Å². The Bertz CT molecular complexity index is 622. The van der Waals surface area contributed by atoms with Crippen LogP contribution < -0.4 is 5.32 Å². The van der Waals surface area contributed by atoms with Gasteiger partial charge in [0.25, 0.3) is 0 Å². The number of carboxylic acids is 1. The summed E-state index contributed by atoms with van der Waals surface area (Å²) >= 11 is 0. The number of hydrogen-bond donors (Lipinski definition) is 2. The summed E-state index contributed by atoms with van der Waals surface area (Å²) < 4.78 is 1.41. The minimum Gasteiger partial charge on any atom is -0.481 e. The quantitative estimate of drug-likeness (QED) is 0.818. The maximum Gasteiger partial charge on any atom is 0.309 e. The van der Waals surface area contributed by atoms with Crippen molar-refractivity contribution in [3.05, 3.63) is 36.0 Å². The van der Waals surface area contributed by atoms with E-state index in [4.69, 9.17) is 5.11 Å². The molecule has 0 bridgehead atoms. The molecule has 0 aliphatic carbocycles. The van der Waals surface area contributed by atoms with Crippen molar-refractivity contribution in [1.29, 1.82) is 0 Å². The number of carbonyl (C=O) groups excluding carboxylic acids is 1. The fourth-order valence-electron chi connectivity index (χ4n) is 1.85. The molecule has 7 nitrogen and oxygen atoms in total. The van der Waals surface area contributed by atoms with Gasteiger partial charge in [0, 0.05) is 12.6 Å². The van der Waals surface area contributed by atoms with Crippen LogP contribution >= 0.6 is 0 Å². The number of nitrogens with one attached hydrogen (secondary N) is 1. The van der Waals surface area contributed by atoms with Crippen LogP contribution in [-0.4, -0.2) is 39.0 Å². The van der Waals surface area contributed by atoms with Crippen LogP contribution in [0.4, 0.5) is 0 Å². The summed E-state index contributed by atoms with van der Waals surface area (Å²) in [4.78, 5) is 22.4. The highest BCUT2D eigenvalue weighted by molar-refractivity contribution is 5.77. The van der Waals surface area contributed by atoms with E-state index >= 15 is 0 Å². The zero-order chi connectivity index (χ0) is 14.5. The Morgan fingerprint density at radius 3 is 2.60 bits per heavy atom. The number of carbonyl (C=O) groups is 2. The zero-order valence-corrected chi connectivity index (χ0v) is 10.9. The van der Waals surface area contributed by atoms with Gasteiger partial charge in [0.2, 0.25) is 5.91 Å². The number of likely N-dealkylation sites (N-methyl/N-ethyl adjacent to an activating group) is 1. The second-order valence-corrected chi connectivity index (χ2v) is 4.15. The minimum absolute atomic E-state index is 0.00660. The maximum atomic E-state index is 11.5. The Morgan fingerprint density at radius 2 is 2.00 bits per heavy atom. The number of nitrogens with zero attached hydrogens (tertiary/aromatic N) is 3. The van der Waals surface area contributed by atoms with Crippen molar-refractivity contribution in [3.63, 3.8) is 0 Å². The molecule has 1 amide bonds. The average molecular weight is 274 g/mol. The lowest BCUT2D eigenvalue weighted by Gasteiger charge is -2.07. The lowest BCUT2D eigenvalue weighted by molar-refractivity contribution is -0.136. The molecule has 0 unspecified atom stereocenters. The van der Waals surface area contributed by atoms with Gasteiger partial charge >= 0.3 is 5.97 Å². The summed E-state index contributed by atoms with van der Waals surface area (Å²) in [6, 6.07) is 9.16. The van der Waals surface area contributed by atoms with Crippen LogP contribution in [0.15, 0.2) is 30.3 Å². The van der Waals surface area contributed by atoms with Gasteiger partial charge < -0.3 is 10.4 Å². The molecule has 0 aliphatic heterocycles. The first kappa shape index (κ1) is 13.7. The Kier molecular flexibility index (Phi) is 4.09. The molecule has 104 valence electrons. The molecule has 20 heavy (non-hydrogen) atoms. The number of aromatic nitrogens is 3. The highest BCUT2D eigenvalue weighted by Gasteiger charge is 2.18. The summed E-state index contributed by atoms with van der Waals surface area (Å²) in [6.07, 6.45) is -0.238. The van der Waals surface area contributed by atoms with E-state index in [1.807, 2.05) is 30.3 Å². The topological polar surface area (TPSA) is 97.1 Å². The van der Waals surface area contributed by atoms with Gasteiger partial charge in [0.15, 0.2) is 0 Å². The molecule has 0 radical (unpaired) electrons. The fraction of sp³-hybridized carbons (Fsp3) is 0.231. The normalized spacial score (nSPS) is 10.2. The number of benzene rings is 1. The number of amides is 1. The van der Waals surface area contributed by atoms with Crippen molar-refractivity contribution in [3.8, 4) is 11.3 Å². The van der Waals surface area contributed by atoms with Crippen LogP contribution in [0.2, 0.25) is 0 Å². The van der Waals surface area contributed by atoms with Crippen molar-refractivity contribution in [2.24, 2.45) is 0 Å². The van der Waals surface area contributed by atoms with Gasteiger partial charge in [0.05, 0.1) is 12.1 Å². The molecule has 0 atom stereocenters. The van der Waals surface area contributed by atoms with Gasteiger partial charge in [0.1, 0.15) is 12.2 Å². The molecule has 7 heteroatoms. The standard InChI is InChI=1S/C13H14N4O3/c1-14-11(18)8-17-13(9-5-3-2-4-6-9)10(15-16-17)7-12(19)20/h2-6H,7-8H2,1H3,(H,14,18)(H,19,20). The van der Waals surface area contributed by atoms with Crippen LogP contribution in [0.3, 0.4) is 0 Å². The maximum absolute atomic E-state index is 11.5. The third kappa shape index (κ3) is 3.00. The van der Waals surface area contributed by atoms with E-state index < -0.39 is 5.97 Å². The molecular weight excluding hydrogens is 260 g/mol. The number of rotatable bonds is 5. The minimum atomic E-state index is -0.992. The van der Waals surface area contributed by atoms with Gasteiger partial charge in [-0.15, -0.1) is 5.10 Å². The smallest absolute Gasteiger partial charge is 0.309 e. The van der Waals surface area contributed by atoms with Crippen LogP contribution in [0.5, 0.6) is 0 Å². The first-order chi connectivity index (χ1) is 9.61. The first-order valence-electron chi connectivity index (χ1n) is 6.02. The molecule has 1 aromatic heterocycles. The lowest BCUT2D eigenvalue weighted by Crippen LogP contribution is -2.24. The van der Waals surface area contributed by atoms with Gasteiger partial charge in [-0.25, -0.2) is 4.68 Å². The lowest BCUT2D eigenvalue weighted by atomic mass is 10.1. The summed E-state index contributed by atoms with van der Waals surface area (Å²) in [5.41, 5.74) is 1.67. The SMILES string of the molecule is CNC(=O)Cn1nnc(CC(=O)O)c1-c1ccccc1. The molecule has 0 aliphatic rings. The number of aliphatic carboxylic acids is 1. The summed E-state index contributed by atoms with van der Waals surface area (Å²) in [5.74, 6) is -1.22. The van der Waals surface area contributed by atoms with E-state index in [0.29, 0.717) is 11.4 Å². The van der Waals surface area contributed by atoms with Gasteiger partial charge in [-0.2, -0.15) is 0 Å². The average Bonchev–Trinajstić information content (AvgIpc) is 2.81. The van der Waals surface area contributed by atoms with Crippen molar-refractivity contribution in [1.82, 2.24) is 20.3 Å². The van der Waals surface area contributed by atoms with Crippen LogP contribution in [-0.2, 0) is 22.6 Å². The molecule has 1 heterocycles. The second-order valence-electron chi connectivity index (χ2n) is 4.15. The highest BCUT2D eigenvalue weighted by Crippen LogP contribution is 2.22. The Hall–Kier alpha value is -2.70. The largest absolute Gasteiger partial charge is 0.481 e. The number of hydrogen-bond acceptors (Lipinski definition) is 4. The Morgan fingerprint density at radius 1 is 1.30 bits per heavy atom. The second kappa shape index (κ2) is 5.96. The van der Waals surface area contributed by atoms with Crippen molar-refractivity contribution in [2.75, 3.05) is 7.05 Å². The molecule has 2 N–H and O–H groups in total. The van der Waals surface area contributed by atoms with E-state index in [1.54, 1.807) is 0 Å². The predicted octanol–water partition coefficient (Wildman–Crippen LogP) is 0.318. The third-order valence-corrected chi connectivity index (χ3v) is 2.74. The van der Waals surface area contributed by atoms with Crippen molar-refractivity contribution >= 4 is 11.9 Å². The van der Waals surface area contributed by atoms with E-state index in [0.717, 1.165) is 5.56 Å². The molecule has 0 saturated carbocycles. The molecule has 2 rings (SSSR count). The van der Waals surface area contributed by atoms with E-state index in [-0.39, 0.29) is 18.9 Å². The van der Waals surface area contributed by atoms with E-state index in [9.17, 15) is 9.59 Å². The first-order valence-corrected chi connectivity index (χ1v) is 6.02. The summed E-state index contributed by atoms with van der Waals surface area (Å²) in [6.45, 7) is -0.00660. The number of carboxylic acid groups (broad SMARTS) is 1. The monoisotopic (exact) mass is 274 g/mol.